The van der Waals surface area contributed by atoms with E-state index in [4.69, 9.17) is 5.73 Å². The molecule has 0 bridgehead atoms. The van der Waals surface area contributed by atoms with Crippen molar-refractivity contribution in [3.8, 4) is 0 Å². The Balaban J connectivity index is 2.26. The summed E-state index contributed by atoms with van der Waals surface area (Å²) >= 11 is 1.82. The van der Waals surface area contributed by atoms with E-state index in [9.17, 15) is 0 Å². The predicted octanol–water partition coefficient (Wildman–Crippen LogP) is 4.40. The van der Waals surface area contributed by atoms with Gasteiger partial charge < -0.3 is 5.73 Å². The Bertz CT molecular complexity index is 517. The lowest BCUT2D eigenvalue weighted by Gasteiger charge is -2.16. The molecular formula is C16H21NS. The highest BCUT2D eigenvalue weighted by molar-refractivity contribution is 7.12. The van der Waals surface area contributed by atoms with E-state index in [2.05, 4.69) is 64.1 Å². The molecule has 0 aliphatic heterocycles. The van der Waals surface area contributed by atoms with Crippen molar-refractivity contribution in [3.05, 3.63) is 57.3 Å². The van der Waals surface area contributed by atoms with Gasteiger partial charge in [0.15, 0.2) is 0 Å². The lowest BCUT2D eigenvalue weighted by atomic mass is 9.95. The van der Waals surface area contributed by atoms with Crippen LogP contribution in [0.2, 0.25) is 0 Å². The van der Waals surface area contributed by atoms with Crippen molar-refractivity contribution in [1.82, 2.24) is 0 Å². The Morgan fingerprint density at radius 3 is 2.11 bits per heavy atom. The van der Waals surface area contributed by atoms with Gasteiger partial charge in [0, 0.05) is 9.75 Å². The molecule has 2 heteroatoms. The van der Waals surface area contributed by atoms with Gasteiger partial charge in [-0.25, -0.2) is 0 Å². The maximum Gasteiger partial charge on any atom is 0.0646 e. The van der Waals surface area contributed by atoms with E-state index >= 15 is 0 Å². The first-order valence-corrected chi connectivity index (χ1v) is 7.12. The van der Waals surface area contributed by atoms with Gasteiger partial charge in [0.05, 0.1) is 6.04 Å². The van der Waals surface area contributed by atoms with Crippen LogP contribution in [0.3, 0.4) is 0 Å². The molecule has 1 aromatic heterocycles. The molecule has 1 atom stereocenters. The molecule has 2 aromatic rings. The van der Waals surface area contributed by atoms with Crippen LogP contribution in [0, 0.1) is 6.92 Å². The number of hydrogen-bond acceptors (Lipinski definition) is 2. The summed E-state index contributed by atoms with van der Waals surface area (Å²) in [5.41, 5.74) is 8.99. The molecule has 18 heavy (non-hydrogen) atoms. The Hall–Kier alpha value is -1.12. The fourth-order valence-corrected chi connectivity index (χ4v) is 2.96. The third-order valence-corrected chi connectivity index (χ3v) is 4.70. The molecule has 0 radical (unpaired) electrons. The van der Waals surface area contributed by atoms with E-state index in [-0.39, 0.29) is 11.5 Å². The van der Waals surface area contributed by atoms with Gasteiger partial charge in [0.1, 0.15) is 0 Å². The van der Waals surface area contributed by atoms with Crippen LogP contribution in [0.25, 0.3) is 0 Å². The maximum absolute atomic E-state index is 6.33. The Morgan fingerprint density at radius 2 is 1.61 bits per heavy atom. The average molecular weight is 259 g/mol. The lowest BCUT2D eigenvalue weighted by molar-refractivity contribution is 0.604. The van der Waals surface area contributed by atoms with Gasteiger partial charge >= 0.3 is 0 Å². The summed E-state index contributed by atoms with van der Waals surface area (Å²) < 4.78 is 0. The van der Waals surface area contributed by atoms with Gasteiger partial charge in [0.2, 0.25) is 0 Å². The molecule has 2 N–H and O–H groups in total. The molecule has 1 aromatic carbocycles. The fraction of sp³-hybridized carbons (Fsp3) is 0.375. The summed E-state index contributed by atoms with van der Waals surface area (Å²) in [5.74, 6) is 0. The van der Waals surface area contributed by atoms with Crippen molar-refractivity contribution in [2.75, 3.05) is 0 Å². The van der Waals surface area contributed by atoms with Crippen LogP contribution < -0.4 is 5.73 Å². The Kier molecular flexibility index (Phi) is 3.60. The molecule has 0 fully saturated rings. The fourth-order valence-electron chi connectivity index (χ4n) is 1.86. The average Bonchev–Trinajstić information content (AvgIpc) is 2.78. The second-order valence-corrected chi connectivity index (χ2v) is 6.96. The van der Waals surface area contributed by atoms with E-state index in [0.717, 1.165) is 0 Å². The van der Waals surface area contributed by atoms with Crippen molar-refractivity contribution in [3.63, 3.8) is 0 Å². The minimum absolute atomic E-state index is 0.00769. The van der Waals surface area contributed by atoms with Crippen LogP contribution in [0.5, 0.6) is 0 Å². The van der Waals surface area contributed by atoms with E-state index in [1.165, 1.54) is 20.9 Å². The van der Waals surface area contributed by atoms with E-state index in [1.54, 1.807) is 0 Å². The quantitative estimate of drug-likeness (QED) is 0.850. The summed E-state index contributed by atoms with van der Waals surface area (Å²) in [7, 11) is 0. The van der Waals surface area contributed by atoms with Crippen molar-refractivity contribution in [1.29, 1.82) is 0 Å². The lowest BCUT2D eigenvalue weighted by Crippen LogP contribution is -2.10. The third-order valence-electron chi connectivity index (χ3n) is 3.11. The summed E-state index contributed by atoms with van der Waals surface area (Å²) in [6.45, 7) is 8.80. The summed E-state index contributed by atoms with van der Waals surface area (Å²) in [5, 5.41) is 0. The van der Waals surface area contributed by atoms with Crippen LogP contribution in [0.1, 0.15) is 47.7 Å². The molecule has 0 aliphatic rings. The highest BCUT2D eigenvalue weighted by atomic mass is 32.1. The molecule has 0 saturated carbocycles. The molecule has 1 nitrogen and oxygen atoms in total. The number of benzene rings is 1. The molecule has 0 saturated heterocycles. The van der Waals surface area contributed by atoms with Gasteiger partial charge in [-0.3, -0.25) is 0 Å². The number of nitrogens with two attached hydrogens (primary N) is 1. The monoisotopic (exact) mass is 259 g/mol. The van der Waals surface area contributed by atoms with Crippen molar-refractivity contribution < 1.29 is 0 Å². The standard InChI is InChI=1S/C16H21NS/c1-11-5-7-12(8-6-11)15(17)13-9-10-14(18-13)16(2,3)4/h5-10,15H,17H2,1-4H3. The molecular weight excluding hydrogens is 238 g/mol. The summed E-state index contributed by atoms with van der Waals surface area (Å²) in [6, 6.07) is 12.8. The summed E-state index contributed by atoms with van der Waals surface area (Å²) in [6.07, 6.45) is 0. The van der Waals surface area contributed by atoms with Gasteiger partial charge in [-0.1, -0.05) is 50.6 Å². The highest BCUT2D eigenvalue weighted by Gasteiger charge is 2.18. The van der Waals surface area contributed by atoms with Crippen LogP contribution in [-0.4, -0.2) is 0 Å². The molecule has 0 amide bonds. The normalized spacial score (nSPS) is 13.6. The predicted molar refractivity (Wildman–Crippen MR) is 80.2 cm³/mol. The van der Waals surface area contributed by atoms with Gasteiger partial charge in [0.25, 0.3) is 0 Å². The smallest absolute Gasteiger partial charge is 0.0646 e. The second-order valence-electron chi connectivity index (χ2n) is 5.84. The van der Waals surface area contributed by atoms with Crippen LogP contribution in [-0.2, 0) is 5.41 Å². The van der Waals surface area contributed by atoms with Gasteiger partial charge in [-0.05, 0) is 30.0 Å². The molecule has 0 spiro atoms. The molecule has 1 unspecified atom stereocenters. The zero-order chi connectivity index (χ0) is 13.3. The van der Waals surface area contributed by atoms with E-state index < -0.39 is 0 Å². The van der Waals surface area contributed by atoms with Crippen molar-refractivity contribution in [2.24, 2.45) is 5.73 Å². The topological polar surface area (TPSA) is 26.0 Å². The first kappa shape index (κ1) is 13.3. The first-order valence-electron chi connectivity index (χ1n) is 6.30. The molecule has 96 valence electrons. The van der Waals surface area contributed by atoms with Gasteiger partial charge in [-0.2, -0.15) is 0 Å². The van der Waals surface area contributed by atoms with Crippen molar-refractivity contribution in [2.45, 2.75) is 39.2 Å². The number of thiophene rings is 1. The largest absolute Gasteiger partial charge is 0.320 e. The van der Waals surface area contributed by atoms with Crippen LogP contribution >= 0.6 is 11.3 Å². The SMILES string of the molecule is Cc1ccc(C(N)c2ccc(C(C)(C)C)s2)cc1. The zero-order valence-electron chi connectivity index (χ0n) is 11.5. The van der Waals surface area contributed by atoms with Crippen LogP contribution in [0.4, 0.5) is 0 Å². The van der Waals surface area contributed by atoms with Crippen molar-refractivity contribution >= 4 is 11.3 Å². The highest BCUT2D eigenvalue weighted by Crippen LogP contribution is 2.33. The summed E-state index contributed by atoms with van der Waals surface area (Å²) in [4.78, 5) is 2.63. The number of aryl methyl sites for hydroxylation is 1. The minimum Gasteiger partial charge on any atom is -0.320 e. The molecule has 0 aliphatic carbocycles. The van der Waals surface area contributed by atoms with E-state index in [1.807, 2.05) is 11.3 Å². The Labute approximate surface area is 114 Å². The van der Waals surface area contributed by atoms with Gasteiger partial charge in [-0.15, -0.1) is 11.3 Å². The maximum atomic E-state index is 6.33. The third kappa shape index (κ3) is 2.82. The Morgan fingerprint density at radius 1 is 1.00 bits per heavy atom. The number of rotatable bonds is 2. The number of hydrogen-bond donors (Lipinski definition) is 1. The van der Waals surface area contributed by atoms with E-state index in [0.29, 0.717) is 0 Å². The van der Waals surface area contributed by atoms with Crippen LogP contribution in [0.15, 0.2) is 36.4 Å². The molecule has 2 rings (SSSR count). The molecule has 1 heterocycles. The second kappa shape index (κ2) is 4.87. The zero-order valence-corrected chi connectivity index (χ0v) is 12.3. The minimum atomic E-state index is -0.00769. The first-order chi connectivity index (χ1) is 8.38.